The highest BCUT2D eigenvalue weighted by Crippen LogP contribution is 2.39. The maximum atomic E-state index is 12.4. The molecule has 1 fully saturated rings. The highest BCUT2D eigenvalue weighted by atomic mass is 19.1. The highest BCUT2D eigenvalue weighted by Gasteiger charge is 2.22. The van der Waals surface area contributed by atoms with E-state index in [0.29, 0.717) is 6.54 Å². The summed E-state index contributed by atoms with van der Waals surface area (Å²) in [5.41, 5.74) is 6.20. The van der Waals surface area contributed by atoms with Gasteiger partial charge < -0.3 is 5.73 Å². The molecule has 0 bridgehead atoms. The van der Waals surface area contributed by atoms with Crippen molar-refractivity contribution >= 4 is 0 Å². The Hall–Kier alpha value is -1.15. The third kappa shape index (κ3) is 3.71. The van der Waals surface area contributed by atoms with Gasteiger partial charge in [-0.2, -0.15) is 0 Å². The van der Waals surface area contributed by atoms with E-state index in [-0.39, 0.29) is 5.82 Å². The van der Waals surface area contributed by atoms with Crippen molar-refractivity contribution in [1.82, 2.24) is 0 Å². The average molecular weight is 193 g/mol. The predicted molar refractivity (Wildman–Crippen MR) is 57.6 cm³/mol. The summed E-state index contributed by atoms with van der Waals surface area (Å²) in [4.78, 5) is 0. The molecule has 1 aliphatic rings. The maximum Gasteiger partial charge on any atom is 0.123 e. The van der Waals surface area contributed by atoms with Crippen molar-refractivity contribution in [3.8, 4) is 0 Å². The van der Waals surface area contributed by atoms with Gasteiger partial charge in [-0.25, -0.2) is 4.39 Å². The second kappa shape index (κ2) is 5.55. The molecule has 76 valence electrons. The van der Waals surface area contributed by atoms with E-state index in [0.717, 1.165) is 5.92 Å². The molecule has 1 aromatic rings. The van der Waals surface area contributed by atoms with Gasteiger partial charge in [0.25, 0.3) is 0 Å². The molecule has 0 aromatic heterocycles. The van der Waals surface area contributed by atoms with E-state index < -0.39 is 0 Å². The smallest absolute Gasteiger partial charge is 0.123 e. The minimum Gasteiger partial charge on any atom is -0.327 e. The number of nitrogens with two attached hydrogens (primary N) is 1. The van der Waals surface area contributed by atoms with Crippen LogP contribution < -0.4 is 5.73 Å². The Balaban J connectivity index is 0.000000213. The van der Waals surface area contributed by atoms with Crippen molar-refractivity contribution in [3.63, 3.8) is 0 Å². The van der Waals surface area contributed by atoms with E-state index in [4.69, 9.17) is 5.73 Å². The fourth-order valence-electron chi connectivity index (χ4n) is 1.15. The summed E-state index contributed by atoms with van der Waals surface area (Å²) in [6.45, 7) is 3.94. The number of benzene rings is 1. The second-order valence-corrected chi connectivity index (χ2v) is 3.35. The average Bonchev–Trinajstić information content (AvgIpc) is 3.03. The first kappa shape index (κ1) is 10.9. The monoisotopic (exact) mass is 193 g/mol. The standard InChI is InChI=1S/C9H9F.C3H7N/c10-9-5-3-8(4-6-9)7-1-2-7;1-2-3-4/h3-7H,1-2H2;2H,1,3-4H2. The van der Waals surface area contributed by atoms with Crippen LogP contribution >= 0.6 is 0 Å². The molecule has 0 aliphatic heterocycles. The fourth-order valence-corrected chi connectivity index (χ4v) is 1.15. The van der Waals surface area contributed by atoms with Crippen LogP contribution in [0.3, 0.4) is 0 Å². The molecule has 1 aromatic carbocycles. The Morgan fingerprint density at radius 1 is 1.36 bits per heavy atom. The highest BCUT2D eigenvalue weighted by molar-refractivity contribution is 5.23. The fraction of sp³-hybridized carbons (Fsp3) is 0.333. The van der Waals surface area contributed by atoms with Crippen molar-refractivity contribution in [2.45, 2.75) is 18.8 Å². The first-order valence-corrected chi connectivity index (χ1v) is 4.84. The summed E-state index contributed by atoms with van der Waals surface area (Å²) in [5, 5.41) is 0. The van der Waals surface area contributed by atoms with Crippen LogP contribution in [0.2, 0.25) is 0 Å². The van der Waals surface area contributed by atoms with Crippen molar-refractivity contribution < 1.29 is 4.39 Å². The minimum absolute atomic E-state index is 0.135. The van der Waals surface area contributed by atoms with Crippen LogP contribution in [-0.2, 0) is 0 Å². The van der Waals surface area contributed by atoms with Crippen molar-refractivity contribution in [3.05, 3.63) is 48.3 Å². The summed E-state index contributed by atoms with van der Waals surface area (Å²) in [6, 6.07) is 6.83. The largest absolute Gasteiger partial charge is 0.327 e. The first-order chi connectivity index (χ1) is 6.77. The Labute approximate surface area is 84.4 Å². The predicted octanol–water partition coefficient (Wildman–Crippen LogP) is 2.83. The third-order valence-electron chi connectivity index (χ3n) is 2.09. The van der Waals surface area contributed by atoms with E-state index in [9.17, 15) is 4.39 Å². The number of hydrogen-bond acceptors (Lipinski definition) is 1. The number of hydrogen-bond donors (Lipinski definition) is 1. The van der Waals surface area contributed by atoms with Crippen LogP contribution in [0.5, 0.6) is 0 Å². The molecule has 0 heterocycles. The zero-order valence-electron chi connectivity index (χ0n) is 8.25. The van der Waals surface area contributed by atoms with E-state index in [1.807, 2.05) is 12.1 Å². The Morgan fingerprint density at radius 3 is 2.21 bits per heavy atom. The lowest BCUT2D eigenvalue weighted by Crippen LogP contribution is -1.90. The lowest BCUT2D eigenvalue weighted by Gasteiger charge is -1.94. The number of halogens is 1. The van der Waals surface area contributed by atoms with Gasteiger partial charge in [-0.05, 0) is 36.5 Å². The summed E-state index contributed by atoms with van der Waals surface area (Å²) >= 11 is 0. The Morgan fingerprint density at radius 2 is 1.86 bits per heavy atom. The zero-order chi connectivity index (χ0) is 10.4. The van der Waals surface area contributed by atoms with Gasteiger partial charge >= 0.3 is 0 Å². The Kier molecular flexibility index (Phi) is 4.33. The first-order valence-electron chi connectivity index (χ1n) is 4.84. The van der Waals surface area contributed by atoms with Crippen molar-refractivity contribution in [2.75, 3.05) is 6.54 Å². The van der Waals surface area contributed by atoms with Crippen LogP contribution in [0.25, 0.3) is 0 Å². The molecular weight excluding hydrogens is 177 g/mol. The molecule has 0 spiro atoms. The van der Waals surface area contributed by atoms with Gasteiger partial charge in [0.05, 0.1) is 0 Å². The van der Waals surface area contributed by atoms with Gasteiger partial charge in [-0.3, -0.25) is 0 Å². The number of rotatable bonds is 2. The molecule has 2 N–H and O–H groups in total. The molecule has 1 aliphatic carbocycles. The van der Waals surface area contributed by atoms with E-state index in [1.54, 1.807) is 6.08 Å². The summed E-state index contributed by atoms with van der Waals surface area (Å²) in [6.07, 6.45) is 4.22. The van der Waals surface area contributed by atoms with Gasteiger partial charge in [0.2, 0.25) is 0 Å². The zero-order valence-corrected chi connectivity index (χ0v) is 8.25. The minimum atomic E-state index is -0.135. The van der Waals surface area contributed by atoms with Gasteiger partial charge in [0.15, 0.2) is 0 Å². The molecule has 2 rings (SSSR count). The van der Waals surface area contributed by atoms with Crippen molar-refractivity contribution in [1.29, 1.82) is 0 Å². The van der Waals surface area contributed by atoms with Gasteiger partial charge in [0.1, 0.15) is 5.82 Å². The second-order valence-electron chi connectivity index (χ2n) is 3.35. The summed E-state index contributed by atoms with van der Waals surface area (Å²) < 4.78 is 12.4. The van der Waals surface area contributed by atoms with Crippen LogP contribution in [-0.4, -0.2) is 6.54 Å². The SMILES string of the molecule is C=CCN.Fc1ccc(C2CC2)cc1. The molecule has 1 saturated carbocycles. The maximum absolute atomic E-state index is 12.4. The molecule has 0 amide bonds. The Bertz CT molecular complexity index is 275. The molecule has 0 radical (unpaired) electrons. The van der Waals surface area contributed by atoms with Gasteiger partial charge in [-0.15, -0.1) is 6.58 Å². The normalized spacial score (nSPS) is 14.1. The molecule has 1 nitrogen and oxygen atoms in total. The van der Waals surface area contributed by atoms with Gasteiger partial charge in [0, 0.05) is 6.54 Å². The molecular formula is C12H16FN. The lowest BCUT2D eigenvalue weighted by molar-refractivity contribution is 0.627. The van der Waals surface area contributed by atoms with Crippen LogP contribution in [0.4, 0.5) is 4.39 Å². The summed E-state index contributed by atoms with van der Waals surface area (Å²) in [7, 11) is 0. The molecule has 14 heavy (non-hydrogen) atoms. The van der Waals surface area contributed by atoms with Gasteiger partial charge in [-0.1, -0.05) is 18.2 Å². The van der Waals surface area contributed by atoms with Crippen LogP contribution in [0.1, 0.15) is 24.3 Å². The third-order valence-corrected chi connectivity index (χ3v) is 2.09. The van der Waals surface area contributed by atoms with Crippen LogP contribution in [0.15, 0.2) is 36.9 Å². The van der Waals surface area contributed by atoms with Crippen LogP contribution in [0, 0.1) is 5.82 Å². The molecule has 0 atom stereocenters. The molecule has 0 saturated heterocycles. The van der Waals surface area contributed by atoms with E-state index in [1.165, 1.54) is 30.5 Å². The lowest BCUT2D eigenvalue weighted by atomic mass is 10.1. The van der Waals surface area contributed by atoms with E-state index >= 15 is 0 Å². The molecule has 0 unspecified atom stereocenters. The molecule has 2 heteroatoms. The quantitative estimate of drug-likeness (QED) is 0.718. The van der Waals surface area contributed by atoms with E-state index in [2.05, 4.69) is 6.58 Å². The topological polar surface area (TPSA) is 26.0 Å². The summed E-state index contributed by atoms with van der Waals surface area (Å²) in [5.74, 6) is 0.602. The van der Waals surface area contributed by atoms with Crippen molar-refractivity contribution in [2.24, 2.45) is 5.73 Å².